The summed E-state index contributed by atoms with van der Waals surface area (Å²) in [7, 11) is 0. The molecule has 0 saturated heterocycles. The zero-order valence-corrected chi connectivity index (χ0v) is 11.2. The van der Waals surface area contributed by atoms with Gasteiger partial charge < -0.3 is 9.88 Å². The van der Waals surface area contributed by atoms with Crippen LogP contribution >= 0.6 is 0 Å². The van der Waals surface area contributed by atoms with E-state index in [1.807, 2.05) is 24.7 Å². The van der Waals surface area contributed by atoms with E-state index in [9.17, 15) is 0 Å². The fraction of sp³-hybridized carbons (Fsp3) is 0.429. The number of rotatable bonds is 5. The molecule has 0 aliphatic rings. The summed E-state index contributed by atoms with van der Waals surface area (Å²) in [6.07, 6.45) is 5.64. The summed E-state index contributed by atoms with van der Waals surface area (Å²) in [5, 5.41) is 3.36. The summed E-state index contributed by atoms with van der Waals surface area (Å²) in [5.74, 6) is 1.51. The van der Waals surface area contributed by atoms with E-state index >= 15 is 0 Å². The molecule has 0 aliphatic heterocycles. The Balaban J connectivity index is 2.10. The normalized spacial score (nSPS) is 10.9. The van der Waals surface area contributed by atoms with Crippen molar-refractivity contribution in [1.29, 1.82) is 0 Å². The van der Waals surface area contributed by atoms with Gasteiger partial charge in [-0.1, -0.05) is 19.9 Å². The van der Waals surface area contributed by atoms with Crippen LogP contribution in [0.1, 0.15) is 25.1 Å². The van der Waals surface area contributed by atoms with Crippen molar-refractivity contribution in [2.45, 2.75) is 27.3 Å². The number of anilines is 1. The van der Waals surface area contributed by atoms with Crippen molar-refractivity contribution >= 4 is 5.95 Å². The van der Waals surface area contributed by atoms with Crippen molar-refractivity contribution < 1.29 is 0 Å². The fourth-order valence-electron chi connectivity index (χ4n) is 1.74. The molecular weight excluding hydrogens is 224 g/mol. The van der Waals surface area contributed by atoms with Crippen molar-refractivity contribution in [3.8, 4) is 0 Å². The Labute approximate surface area is 108 Å². The van der Waals surface area contributed by atoms with Crippen LogP contribution < -0.4 is 5.32 Å². The maximum absolute atomic E-state index is 4.41. The Morgan fingerprint density at radius 3 is 2.83 bits per heavy atom. The first-order chi connectivity index (χ1) is 8.66. The van der Waals surface area contributed by atoms with Gasteiger partial charge in [0.05, 0.1) is 12.2 Å². The number of hydrogen-bond donors (Lipinski definition) is 1. The van der Waals surface area contributed by atoms with Gasteiger partial charge in [0, 0.05) is 25.1 Å². The molecule has 0 fully saturated rings. The molecule has 2 rings (SSSR count). The van der Waals surface area contributed by atoms with Crippen molar-refractivity contribution in [2.75, 3.05) is 11.9 Å². The van der Waals surface area contributed by atoms with Gasteiger partial charge in [-0.05, 0) is 24.5 Å². The highest BCUT2D eigenvalue weighted by Gasteiger charge is 2.06. The van der Waals surface area contributed by atoms with E-state index in [1.54, 1.807) is 0 Å². The van der Waals surface area contributed by atoms with Crippen LogP contribution in [-0.4, -0.2) is 21.1 Å². The minimum atomic E-state index is 0.603. The molecule has 0 bridgehead atoms. The first-order valence-corrected chi connectivity index (χ1v) is 6.32. The minimum absolute atomic E-state index is 0.603. The Kier molecular flexibility index (Phi) is 3.97. The Morgan fingerprint density at radius 1 is 1.28 bits per heavy atom. The largest absolute Gasteiger partial charge is 0.355 e. The van der Waals surface area contributed by atoms with E-state index in [4.69, 9.17) is 0 Å². The minimum Gasteiger partial charge on any atom is -0.355 e. The van der Waals surface area contributed by atoms with E-state index in [1.165, 1.54) is 5.56 Å². The molecule has 0 unspecified atom stereocenters. The SMILES string of the molecule is Cc1cccnc1Cn1ccnc1NCC(C)C. The molecule has 0 atom stereocenters. The third kappa shape index (κ3) is 3.09. The van der Waals surface area contributed by atoms with Crippen molar-refractivity contribution in [3.63, 3.8) is 0 Å². The molecule has 4 heteroatoms. The molecule has 2 heterocycles. The summed E-state index contributed by atoms with van der Waals surface area (Å²) in [6, 6.07) is 4.05. The van der Waals surface area contributed by atoms with Gasteiger partial charge in [0.25, 0.3) is 0 Å². The summed E-state index contributed by atoms with van der Waals surface area (Å²) in [5.41, 5.74) is 2.30. The van der Waals surface area contributed by atoms with Gasteiger partial charge in [-0.15, -0.1) is 0 Å². The molecular formula is C14H20N4. The third-order valence-electron chi connectivity index (χ3n) is 2.82. The second-order valence-electron chi connectivity index (χ2n) is 4.92. The lowest BCUT2D eigenvalue weighted by Crippen LogP contribution is -2.13. The molecule has 0 saturated carbocycles. The van der Waals surface area contributed by atoms with E-state index in [-0.39, 0.29) is 0 Å². The van der Waals surface area contributed by atoms with Crippen molar-refractivity contribution in [2.24, 2.45) is 5.92 Å². The van der Waals surface area contributed by atoms with Gasteiger partial charge in [-0.3, -0.25) is 4.98 Å². The number of hydrogen-bond acceptors (Lipinski definition) is 3. The molecule has 1 N–H and O–H groups in total. The molecule has 2 aromatic heterocycles. The van der Waals surface area contributed by atoms with Crippen LogP contribution in [0, 0.1) is 12.8 Å². The highest BCUT2D eigenvalue weighted by Crippen LogP contribution is 2.11. The van der Waals surface area contributed by atoms with Gasteiger partial charge in [0.15, 0.2) is 0 Å². The molecule has 96 valence electrons. The van der Waals surface area contributed by atoms with E-state index in [2.05, 4.69) is 46.7 Å². The van der Waals surface area contributed by atoms with Crippen LogP contribution in [0.5, 0.6) is 0 Å². The van der Waals surface area contributed by atoms with Crippen LogP contribution in [0.15, 0.2) is 30.7 Å². The topological polar surface area (TPSA) is 42.7 Å². The Hall–Kier alpha value is -1.84. The number of imidazole rings is 1. The second-order valence-corrected chi connectivity index (χ2v) is 4.92. The van der Waals surface area contributed by atoms with E-state index < -0.39 is 0 Å². The summed E-state index contributed by atoms with van der Waals surface area (Å²) in [4.78, 5) is 8.75. The molecule has 0 spiro atoms. The Morgan fingerprint density at radius 2 is 2.11 bits per heavy atom. The van der Waals surface area contributed by atoms with Crippen LogP contribution in [0.25, 0.3) is 0 Å². The maximum Gasteiger partial charge on any atom is 0.203 e. The number of aryl methyl sites for hydroxylation is 1. The molecule has 4 nitrogen and oxygen atoms in total. The zero-order valence-electron chi connectivity index (χ0n) is 11.2. The lowest BCUT2D eigenvalue weighted by Gasteiger charge is -2.12. The standard InChI is InChI=1S/C14H20N4/c1-11(2)9-17-14-16-7-8-18(14)10-13-12(3)5-4-6-15-13/h4-8,11H,9-10H2,1-3H3,(H,16,17). The molecule has 18 heavy (non-hydrogen) atoms. The molecule has 0 radical (unpaired) electrons. The molecule has 0 aliphatic carbocycles. The molecule has 0 amide bonds. The lowest BCUT2D eigenvalue weighted by atomic mass is 10.2. The number of aromatic nitrogens is 3. The average molecular weight is 244 g/mol. The van der Waals surface area contributed by atoms with Crippen LogP contribution in [0.2, 0.25) is 0 Å². The quantitative estimate of drug-likeness (QED) is 0.879. The monoisotopic (exact) mass is 244 g/mol. The van der Waals surface area contributed by atoms with Gasteiger partial charge >= 0.3 is 0 Å². The Bertz CT molecular complexity index is 502. The third-order valence-corrected chi connectivity index (χ3v) is 2.82. The first kappa shape index (κ1) is 12.6. The van der Waals surface area contributed by atoms with E-state index in [0.29, 0.717) is 5.92 Å². The predicted molar refractivity (Wildman–Crippen MR) is 73.6 cm³/mol. The van der Waals surface area contributed by atoms with E-state index in [0.717, 1.165) is 24.7 Å². The fourth-order valence-corrected chi connectivity index (χ4v) is 1.74. The second kappa shape index (κ2) is 5.67. The highest BCUT2D eigenvalue weighted by molar-refractivity contribution is 5.28. The lowest BCUT2D eigenvalue weighted by molar-refractivity contribution is 0.674. The van der Waals surface area contributed by atoms with Gasteiger partial charge in [-0.2, -0.15) is 0 Å². The van der Waals surface area contributed by atoms with Crippen LogP contribution in [0.4, 0.5) is 5.95 Å². The van der Waals surface area contributed by atoms with Gasteiger partial charge in [-0.25, -0.2) is 4.98 Å². The number of pyridine rings is 1. The first-order valence-electron chi connectivity index (χ1n) is 6.32. The van der Waals surface area contributed by atoms with Crippen molar-refractivity contribution in [1.82, 2.24) is 14.5 Å². The predicted octanol–water partition coefficient (Wildman–Crippen LogP) is 2.70. The number of nitrogens with one attached hydrogen (secondary N) is 1. The van der Waals surface area contributed by atoms with Gasteiger partial charge in [0.2, 0.25) is 5.95 Å². The molecule has 0 aromatic carbocycles. The zero-order chi connectivity index (χ0) is 13.0. The average Bonchev–Trinajstić information content (AvgIpc) is 2.77. The summed E-state index contributed by atoms with van der Waals surface area (Å²) >= 11 is 0. The highest BCUT2D eigenvalue weighted by atomic mass is 15.2. The summed E-state index contributed by atoms with van der Waals surface area (Å²) in [6.45, 7) is 8.14. The summed E-state index contributed by atoms with van der Waals surface area (Å²) < 4.78 is 2.09. The van der Waals surface area contributed by atoms with Crippen LogP contribution in [-0.2, 0) is 6.54 Å². The number of nitrogens with zero attached hydrogens (tertiary/aromatic N) is 3. The smallest absolute Gasteiger partial charge is 0.203 e. The molecule has 2 aromatic rings. The van der Waals surface area contributed by atoms with Crippen molar-refractivity contribution in [3.05, 3.63) is 42.0 Å². The maximum atomic E-state index is 4.41. The van der Waals surface area contributed by atoms with Crippen LogP contribution in [0.3, 0.4) is 0 Å². The van der Waals surface area contributed by atoms with Gasteiger partial charge in [0.1, 0.15) is 0 Å².